The smallest absolute Gasteiger partial charge is 0.264 e. The fourth-order valence-corrected chi connectivity index (χ4v) is 4.59. The molecule has 0 N–H and O–H groups in total. The molecule has 1 aliphatic heterocycles. The van der Waals surface area contributed by atoms with E-state index in [1.165, 1.54) is 16.9 Å². The molecule has 0 bridgehead atoms. The van der Waals surface area contributed by atoms with Gasteiger partial charge in [0.05, 0.1) is 11.4 Å². The van der Waals surface area contributed by atoms with E-state index >= 15 is 0 Å². The second-order valence-electron chi connectivity index (χ2n) is 6.42. The van der Waals surface area contributed by atoms with Gasteiger partial charge in [-0.05, 0) is 30.9 Å². The first-order chi connectivity index (χ1) is 10.6. The zero-order valence-electron chi connectivity index (χ0n) is 13.0. The van der Waals surface area contributed by atoms with Gasteiger partial charge >= 0.3 is 0 Å². The van der Waals surface area contributed by atoms with E-state index in [1.54, 1.807) is 11.3 Å². The monoisotopic (exact) mass is 316 g/mol. The van der Waals surface area contributed by atoms with Crippen LogP contribution in [-0.4, -0.2) is 32.1 Å². The Labute approximate surface area is 134 Å². The lowest BCUT2D eigenvalue weighted by Gasteiger charge is -2.27. The number of aromatic nitrogens is 3. The lowest BCUT2D eigenvalue weighted by Crippen LogP contribution is -2.38. The van der Waals surface area contributed by atoms with Crippen LogP contribution in [0.1, 0.15) is 57.9 Å². The van der Waals surface area contributed by atoms with E-state index in [9.17, 15) is 4.79 Å². The predicted molar refractivity (Wildman–Crippen MR) is 85.2 cm³/mol. The lowest BCUT2D eigenvalue weighted by molar-refractivity contribution is 0.0711. The van der Waals surface area contributed by atoms with Crippen molar-refractivity contribution < 1.29 is 4.79 Å². The summed E-state index contributed by atoms with van der Waals surface area (Å²) in [6.45, 7) is 6.37. The van der Waals surface area contributed by atoms with Crippen molar-refractivity contribution in [3.63, 3.8) is 0 Å². The van der Waals surface area contributed by atoms with Crippen LogP contribution in [0.4, 0.5) is 0 Å². The van der Waals surface area contributed by atoms with E-state index in [0.29, 0.717) is 12.5 Å². The number of aryl methyl sites for hydroxylation is 2. The fraction of sp³-hybridized carbons (Fsp3) is 0.562. The van der Waals surface area contributed by atoms with Crippen LogP contribution in [0.3, 0.4) is 0 Å². The van der Waals surface area contributed by atoms with Crippen molar-refractivity contribution in [2.24, 2.45) is 0 Å². The summed E-state index contributed by atoms with van der Waals surface area (Å²) in [6.07, 6.45) is 3.50. The number of hydrogen-bond acceptors (Lipinski definition) is 4. The maximum atomic E-state index is 12.7. The van der Waals surface area contributed by atoms with Crippen molar-refractivity contribution >= 4 is 17.2 Å². The Balaban J connectivity index is 1.55. The van der Waals surface area contributed by atoms with Crippen molar-refractivity contribution in [2.45, 2.75) is 52.1 Å². The number of hydrogen-bond donors (Lipinski definition) is 0. The first-order valence-electron chi connectivity index (χ1n) is 7.96. The molecule has 2 aromatic rings. The summed E-state index contributed by atoms with van der Waals surface area (Å²) < 4.78 is 2.17. The molecule has 0 atom stereocenters. The van der Waals surface area contributed by atoms with Crippen molar-refractivity contribution in [1.82, 2.24) is 19.7 Å². The van der Waals surface area contributed by atoms with Crippen molar-refractivity contribution in [2.75, 3.05) is 6.54 Å². The normalized spacial score (nSPS) is 17.0. The Morgan fingerprint density at radius 1 is 1.27 bits per heavy atom. The van der Waals surface area contributed by atoms with Gasteiger partial charge in [0.25, 0.3) is 5.91 Å². The van der Waals surface area contributed by atoms with E-state index in [0.717, 1.165) is 42.5 Å². The molecule has 0 spiro atoms. The fourth-order valence-electron chi connectivity index (χ4n) is 3.37. The minimum atomic E-state index is 0.153. The van der Waals surface area contributed by atoms with E-state index in [1.807, 2.05) is 4.90 Å². The molecule has 0 fully saturated rings. The van der Waals surface area contributed by atoms with Crippen LogP contribution in [0.5, 0.6) is 0 Å². The van der Waals surface area contributed by atoms with Gasteiger partial charge in [-0.25, -0.2) is 0 Å². The van der Waals surface area contributed by atoms with Gasteiger partial charge < -0.3 is 9.47 Å². The number of fused-ring (bicyclic) bond motifs is 2. The highest BCUT2D eigenvalue weighted by atomic mass is 32.1. The molecule has 4 rings (SSSR count). The number of carbonyl (C=O) groups is 1. The standard InChI is InChI=1S/C16H20N4OS/c1-10(2)15-18-17-14-9-19(6-7-20(14)15)16(21)13-8-11-4-3-5-12(11)22-13/h8,10H,3-7,9H2,1-2H3. The Hall–Kier alpha value is -1.69. The van der Waals surface area contributed by atoms with E-state index < -0.39 is 0 Å². The third kappa shape index (κ3) is 2.17. The first-order valence-corrected chi connectivity index (χ1v) is 8.78. The van der Waals surface area contributed by atoms with E-state index in [2.05, 4.69) is 34.7 Å². The minimum absolute atomic E-state index is 0.153. The molecule has 0 saturated heterocycles. The molecule has 116 valence electrons. The van der Waals surface area contributed by atoms with Gasteiger partial charge in [0.1, 0.15) is 5.82 Å². The molecule has 0 saturated carbocycles. The topological polar surface area (TPSA) is 51.0 Å². The van der Waals surface area contributed by atoms with Gasteiger partial charge in [0.2, 0.25) is 0 Å². The number of amides is 1. The summed E-state index contributed by atoms with van der Waals surface area (Å²) in [5, 5.41) is 8.56. The largest absolute Gasteiger partial charge is 0.329 e. The summed E-state index contributed by atoms with van der Waals surface area (Å²) in [7, 11) is 0. The highest BCUT2D eigenvalue weighted by Crippen LogP contribution is 2.31. The Morgan fingerprint density at radius 3 is 2.91 bits per heavy atom. The third-order valence-corrected chi connectivity index (χ3v) is 5.77. The van der Waals surface area contributed by atoms with Gasteiger partial charge in [-0.2, -0.15) is 0 Å². The summed E-state index contributed by atoms with van der Waals surface area (Å²) >= 11 is 1.68. The zero-order chi connectivity index (χ0) is 15.3. The summed E-state index contributed by atoms with van der Waals surface area (Å²) in [4.78, 5) is 16.9. The first kappa shape index (κ1) is 13.9. The van der Waals surface area contributed by atoms with Crippen LogP contribution in [0.15, 0.2) is 6.07 Å². The highest BCUT2D eigenvalue weighted by Gasteiger charge is 2.28. The zero-order valence-corrected chi connectivity index (χ0v) is 13.8. The summed E-state index contributed by atoms with van der Waals surface area (Å²) in [5.41, 5.74) is 1.38. The van der Waals surface area contributed by atoms with Gasteiger partial charge in [0.15, 0.2) is 5.82 Å². The molecule has 0 unspecified atom stereocenters. The quantitative estimate of drug-likeness (QED) is 0.856. The molecule has 6 heteroatoms. The molecular formula is C16H20N4OS. The SMILES string of the molecule is CC(C)c1nnc2n1CCN(C(=O)c1cc3c(s1)CCC3)C2. The Kier molecular flexibility index (Phi) is 3.29. The molecule has 0 aromatic carbocycles. The highest BCUT2D eigenvalue weighted by molar-refractivity contribution is 7.14. The number of thiophene rings is 1. The summed E-state index contributed by atoms with van der Waals surface area (Å²) in [5.74, 6) is 2.45. The molecule has 1 amide bonds. The molecule has 2 aromatic heterocycles. The Bertz CT molecular complexity index is 709. The number of rotatable bonds is 2. The number of carbonyl (C=O) groups excluding carboxylic acids is 1. The second kappa shape index (κ2) is 5.19. The molecule has 1 aliphatic carbocycles. The van der Waals surface area contributed by atoms with Gasteiger partial charge in [-0.15, -0.1) is 21.5 Å². The van der Waals surface area contributed by atoms with Crippen LogP contribution < -0.4 is 0 Å². The molecule has 2 aliphatic rings. The maximum absolute atomic E-state index is 12.7. The average molecular weight is 316 g/mol. The maximum Gasteiger partial charge on any atom is 0.264 e. The Morgan fingerprint density at radius 2 is 2.14 bits per heavy atom. The minimum Gasteiger partial charge on any atom is -0.329 e. The van der Waals surface area contributed by atoms with E-state index in [-0.39, 0.29) is 5.91 Å². The van der Waals surface area contributed by atoms with Crippen molar-refractivity contribution in [3.8, 4) is 0 Å². The van der Waals surface area contributed by atoms with Crippen LogP contribution in [-0.2, 0) is 25.9 Å². The molecule has 22 heavy (non-hydrogen) atoms. The summed E-state index contributed by atoms with van der Waals surface area (Å²) in [6, 6.07) is 2.11. The molecule has 3 heterocycles. The van der Waals surface area contributed by atoms with E-state index in [4.69, 9.17) is 0 Å². The van der Waals surface area contributed by atoms with Crippen molar-refractivity contribution in [3.05, 3.63) is 33.0 Å². The predicted octanol–water partition coefficient (Wildman–Crippen LogP) is 2.61. The van der Waals surface area contributed by atoms with Gasteiger partial charge in [-0.3, -0.25) is 4.79 Å². The average Bonchev–Trinajstić information content (AvgIpc) is 3.19. The van der Waals surface area contributed by atoms with Crippen LogP contribution >= 0.6 is 11.3 Å². The van der Waals surface area contributed by atoms with Crippen molar-refractivity contribution in [1.29, 1.82) is 0 Å². The molecule has 5 nitrogen and oxygen atoms in total. The van der Waals surface area contributed by atoms with Gasteiger partial charge in [-0.1, -0.05) is 13.8 Å². The molecular weight excluding hydrogens is 296 g/mol. The third-order valence-electron chi connectivity index (χ3n) is 4.54. The molecule has 0 radical (unpaired) electrons. The van der Waals surface area contributed by atoms with Crippen LogP contribution in [0, 0.1) is 0 Å². The second-order valence-corrected chi connectivity index (χ2v) is 7.56. The van der Waals surface area contributed by atoms with Crippen LogP contribution in [0.25, 0.3) is 0 Å². The number of nitrogens with zero attached hydrogens (tertiary/aromatic N) is 4. The van der Waals surface area contributed by atoms with Crippen LogP contribution in [0.2, 0.25) is 0 Å². The van der Waals surface area contributed by atoms with Gasteiger partial charge in [0, 0.05) is 23.9 Å². The lowest BCUT2D eigenvalue weighted by atomic mass is 10.2.